The third-order valence-electron chi connectivity index (χ3n) is 3.27. The van der Waals surface area contributed by atoms with Crippen LogP contribution in [0.1, 0.15) is 17.5 Å². The van der Waals surface area contributed by atoms with E-state index < -0.39 is 0 Å². The summed E-state index contributed by atoms with van der Waals surface area (Å²) >= 11 is 0. The van der Waals surface area contributed by atoms with Gasteiger partial charge in [0.15, 0.2) is 0 Å². The molecule has 1 aliphatic heterocycles. The van der Waals surface area contributed by atoms with Crippen LogP contribution in [-0.4, -0.2) is 36.3 Å². The second-order valence-electron chi connectivity index (χ2n) is 4.52. The third kappa shape index (κ3) is 2.36. The van der Waals surface area contributed by atoms with Gasteiger partial charge in [-0.25, -0.2) is 0 Å². The lowest BCUT2D eigenvalue weighted by Crippen LogP contribution is -2.31. The van der Waals surface area contributed by atoms with E-state index in [2.05, 4.69) is 11.9 Å². The fraction of sp³-hybridized carbons (Fsp3) is 0.538. The summed E-state index contributed by atoms with van der Waals surface area (Å²) in [5.41, 5.74) is 1.93. The first-order valence-electron chi connectivity index (χ1n) is 5.74. The fourth-order valence-corrected chi connectivity index (χ4v) is 2.11. The summed E-state index contributed by atoms with van der Waals surface area (Å²) in [6.07, 6.45) is 1.09. The average molecular weight is 221 g/mol. The van der Waals surface area contributed by atoms with Crippen molar-refractivity contribution in [3.8, 4) is 5.75 Å². The van der Waals surface area contributed by atoms with Gasteiger partial charge < -0.3 is 9.84 Å². The molecular formula is C13H19NO2. The maximum absolute atomic E-state index is 9.93. The van der Waals surface area contributed by atoms with Gasteiger partial charge in [-0.2, -0.15) is 0 Å². The minimum Gasteiger partial charge on any atom is -0.507 e. The number of para-hydroxylation sites is 1. The molecule has 0 saturated carbocycles. The SMILES string of the molecule is Cc1cccc(CN(C)C2CCOC2)c1O. The number of phenolic OH excluding ortho intramolecular Hbond substituents is 1. The minimum absolute atomic E-state index is 0.424. The van der Waals surface area contributed by atoms with E-state index in [1.807, 2.05) is 25.1 Å². The smallest absolute Gasteiger partial charge is 0.122 e. The van der Waals surface area contributed by atoms with Gasteiger partial charge in [-0.3, -0.25) is 4.90 Å². The first-order chi connectivity index (χ1) is 7.68. The quantitative estimate of drug-likeness (QED) is 0.846. The molecule has 3 heteroatoms. The van der Waals surface area contributed by atoms with Crippen molar-refractivity contribution < 1.29 is 9.84 Å². The molecule has 1 saturated heterocycles. The summed E-state index contributed by atoms with van der Waals surface area (Å²) in [6, 6.07) is 6.38. The Morgan fingerprint density at radius 3 is 3.00 bits per heavy atom. The highest BCUT2D eigenvalue weighted by Gasteiger charge is 2.20. The van der Waals surface area contributed by atoms with E-state index in [4.69, 9.17) is 4.74 Å². The molecule has 0 spiro atoms. The zero-order chi connectivity index (χ0) is 11.5. The van der Waals surface area contributed by atoms with Crippen molar-refractivity contribution in [1.82, 2.24) is 4.90 Å². The lowest BCUT2D eigenvalue weighted by atomic mass is 10.1. The van der Waals surface area contributed by atoms with Crippen LogP contribution < -0.4 is 0 Å². The highest BCUT2D eigenvalue weighted by atomic mass is 16.5. The summed E-state index contributed by atoms with van der Waals surface area (Å²) in [7, 11) is 2.08. The highest BCUT2D eigenvalue weighted by Crippen LogP contribution is 2.24. The monoisotopic (exact) mass is 221 g/mol. The Morgan fingerprint density at radius 2 is 2.31 bits per heavy atom. The van der Waals surface area contributed by atoms with Gasteiger partial charge in [-0.1, -0.05) is 18.2 Å². The average Bonchev–Trinajstić information content (AvgIpc) is 2.78. The number of likely N-dealkylation sites (N-methyl/N-ethyl adjacent to an activating group) is 1. The van der Waals surface area contributed by atoms with E-state index in [-0.39, 0.29) is 0 Å². The molecule has 1 aliphatic rings. The Kier molecular flexibility index (Phi) is 3.46. The summed E-state index contributed by atoms with van der Waals surface area (Å²) in [5, 5.41) is 9.93. The van der Waals surface area contributed by atoms with Crippen molar-refractivity contribution >= 4 is 0 Å². The van der Waals surface area contributed by atoms with Crippen molar-refractivity contribution in [2.45, 2.75) is 25.9 Å². The number of aryl methyl sites for hydroxylation is 1. The summed E-state index contributed by atoms with van der Waals surface area (Å²) in [4.78, 5) is 2.25. The van der Waals surface area contributed by atoms with Gasteiger partial charge in [-0.05, 0) is 26.0 Å². The first kappa shape index (κ1) is 11.4. The van der Waals surface area contributed by atoms with Gasteiger partial charge >= 0.3 is 0 Å². The molecule has 0 amide bonds. The number of rotatable bonds is 3. The zero-order valence-electron chi connectivity index (χ0n) is 9.94. The molecule has 0 radical (unpaired) electrons. The van der Waals surface area contributed by atoms with Crippen LogP contribution in [0.25, 0.3) is 0 Å². The number of benzene rings is 1. The van der Waals surface area contributed by atoms with Crippen molar-refractivity contribution in [1.29, 1.82) is 0 Å². The Labute approximate surface area is 96.6 Å². The normalized spacial score (nSPS) is 20.6. The van der Waals surface area contributed by atoms with Crippen LogP contribution in [0.4, 0.5) is 0 Å². The van der Waals surface area contributed by atoms with Crippen LogP contribution in [-0.2, 0) is 11.3 Å². The maximum Gasteiger partial charge on any atom is 0.122 e. The molecule has 0 aliphatic carbocycles. The molecule has 3 nitrogen and oxygen atoms in total. The molecule has 1 aromatic carbocycles. The van der Waals surface area contributed by atoms with Crippen LogP contribution >= 0.6 is 0 Å². The van der Waals surface area contributed by atoms with Crippen molar-refractivity contribution in [3.05, 3.63) is 29.3 Å². The molecule has 0 aromatic heterocycles. The molecule has 1 unspecified atom stereocenters. The van der Waals surface area contributed by atoms with E-state index in [9.17, 15) is 5.11 Å². The molecular weight excluding hydrogens is 202 g/mol. The Morgan fingerprint density at radius 1 is 1.50 bits per heavy atom. The molecule has 1 heterocycles. The lowest BCUT2D eigenvalue weighted by molar-refractivity contribution is 0.156. The summed E-state index contributed by atoms with van der Waals surface area (Å²) in [5.74, 6) is 0.424. The topological polar surface area (TPSA) is 32.7 Å². The Hall–Kier alpha value is -1.06. The number of phenols is 1. The molecule has 1 atom stereocenters. The largest absolute Gasteiger partial charge is 0.507 e. The van der Waals surface area contributed by atoms with E-state index in [1.54, 1.807) is 0 Å². The molecule has 0 bridgehead atoms. The van der Waals surface area contributed by atoms with Gasteiger partial charge in [0.1, 0.15) is 5.75 Å². The first-order valence-corrected chi connectivity index (χ1v) is 5.74. The van der Waals surface area contributed by atoms with Gasteiger partial charge in [0.05, 0.1) is 6.61 Å². The van der Waals surface area contributed by atoms with E-state index in [1.165, 1.54) is 0 Å². The number of hydrogen-bond donors (Lipinski definition) is 1. The molecule has 16 heavy (non-hydrogen) atoms. The summed E-state index contributed by atoms with van der Waals surface area (Å²) in [6.45, 7) is 4.37. The van der Waals surface area contributed by atoms with Gasteiger partial charge in [0, 0.05) is 24.8 Å². The van der Waals surface area contributed by atoms with Gasteiger partial charge in [0.2, 0.25) is 0 Å². The lowest BCUT2D eigenvalue weighted by Gasteiger charge is -2.23. The fourth-order valence-electron chi connectivity index (χ4n) is 2.11. The molecule has 1 N–H and O–H groups in total. The molecule has 1 fully saturated rings. The van der Waals surface area contributed by atoms with Crippen LogP contribution in [0.15, 0.2) is 18.2 Å². The van der Waals surface area contributed by atoms with Crippen LogP contribution in [0.3, 0.4) is 0 Å². The van der Waals surface area contributed by atoms with Crippen LogP contribution in [0.5, 0.6) is 5.75 Å². The van der Waals surface area contributed by atoms with Crippen molar-refractivity contribution in [2.24, 2.45) is 0 Å². The molecule has 1 aromatic rings. The van der Waals surface area contributed by atoms with Gasteiger partial charge in [-0.15, -0.1) is 0 Å². The van der Waals surface area contributed by atoms with Crippen molar-refractivity contribution in [2.75, 3.05) is 20.3 Å². The predicted octanol–water partition coefficient (Wildman–Crippen LogP) is 1.92. The van der Waals surface area contributed by atoms with Crippen molar-refractivity contribution in [3.63, 3.8) is 0 Å². The minimum atomic E-state index is 0.424. The number of aromatic hydroxyl groups is 1. The Balaban J connectivity index is 2.05. The van der Waals surface area contributed by atoms with Crippen LogP contribution in [0, 0.1) is 6.92 Å². The van der Waals surface area contributed by atoms with Crippen LogP contribution in [0.2, 0.25) is 0 Å². The van der Waals surface area contributed by atoms with E-state index >= 15 is 0 Å². The predicted molar refractivity (Wildman–Crippen MR) is 63.5 cm³/mol. The number of hydrogen-bond acceptors (Lipinski definition) is 3. The number of ether oxygens (including phenoxy) is 1. The van der Waals surface area contributed by atoms with E-state index in [0.717, 1.165) is 37.3 Å². The second-order valence-corrected chi connectivity index (χ2v) is 4.52. The third-order valence-corrected chi connectivity index (χ3v) is 3.27. The molecule has 88 valence electrons. The Bertz CT molecular complexity index is 359. The van der Waals surface area contributed by atoms with E-state index in [0.29, 0.717) is 11.8 Å². The highest BCUT2D eigenvalue weighted by molar-refractivity contribution is 5.39. The standard InChI is InChI=1S/C13H19NO2/c1-10-4-3-5-11(13(10)15)8-14(2)12-6-7-16-9-12/h3-5,12,15H,6-9H2,1-2H3. The summed E-state index contributed by atoms with van der Waals surface area (Å²) < 4.78 is 5.37. The number of nitrogens with zero attached hydrogens (tertiary/aromatic N) is 1. The molecule has 2 rings (SSSR count). The zero-order valence-corrected chi connectivity index (χ0v) is 9.94. The van der Waals surface area contributed by atoms with Gasteiger partial charge in [0.25, 0.3) is 0 Å². The maximum atomic E-state index is 9.93. The second kappa shape index (κ2) is 4.85.